The van der Waals surface area contributed by atoms with E-state index < -0.39 is 0 Å². The molecule has 0 aliphatic carbocycles. The average Bonchev–Trinajstić information content (AvgIpc) is 3.00. The molecule has 2 heterocycles. The van der Waals surface area contributed by atoms with Crippen LogP contribution in [-0.4, -0.2) is 15.3 Å². The predicted octanol–water partition coefficient (Wildman–Crippen LogP) is 5.39. The van der Waals surface area contributed by atoms with Crippen LogP contribution in [0.15, 0.2) is 48.7 Å². The SMILES string of the molecule is CCCCC(CC)C(=O)Nc1c(Cc2ccccc2)nc2ccc(C)cn12. The second-order valence-corrected chi connectivity index (χ2v) is 7.24. The number of nitrogens with one attached hydrogen (secondary N) is 1. The third-order valence-electron chi connectivity index (χ3n) is 5.06. The molecule has 0 aliphatic heterocycles. The van der Waals surface area contributed by atoms with Crippen molar-refractivity contribution in [3.8, 4) is 0 Å². The number of aromatic nitrogens is 2. The molecule has 27 heavy (non-hydrogen) atoms. The number of rotatable bonds is 8. The van der Waals surface area contributed by atoms with Gasteiger partial charge < -0.3 is 5.32 Å². The lowest BCUT2D eigenvalue weighted by molar-refractivity contribution is -0.120. The van der Waals surface area contributed by atoms with Crippen LogP contribution in [0.1, 0.15) is 56.4 Å². The number of hydrogen-bond acceptors (Lipinski definition) is 2. The van der Waals surface area contributed by atoms with Gasteiger partial charge in [0.05, 0.1) is 5.69 Å². The van der Waals surface area contributed by atoms with E-state index in [0.29, 0.717) is 6.42 Å². The van der Waals surface area contributed by atoms with Gasteiger partial charge in [0, 0.05) is 18.5 Å². The fourth-order valence-corrected chi connectivity index (χ4v) is 3.43. The smallest absolute Gasteiger partial charge is 0.228 e. The molecule has 0 saturated carbocycles. The van der Waals surface area contributed by atoms with Crippen LogP contribution in [-0.2, 0) is 11.2 Å². The Labute approximate surface area is 161 Å². The van der Waals surface area contributed by atoms with Crippen molar-refractivity contribution < 1.29 is 4.79 Å². The summed E-state index contributed by atoms with van der Waals surface area (Å²) in [5.41, 5.74) is 4.10. The highest BCUT2D eigenvalue weighted by atomic mass is 16.2. The first-order valence-electron chi connectivity index (χ1n) is 9.94. The van der Waals surface area contributed by atoms with Gasteiger partial charge in [-0.2, -0.15) is 0 Å². The number of carbonyl (C=O) groups excluding carboxylic acids is 1. The molecular formula is C23H29N3O. The Morgan fingerprint density at radius 1 is 1.15 bits per heavy atom. The fourth-order valence-electron chi connectivity index (χ4n) is 3.43. The van der Waals surface area contributed by atoms with E-state index in [1.807, 2.05) is 34.9 Å². The number of benzene rings is 1. The Kier molecular flexibility index (Phi) is 6.28. The molecule has 0 fully saturated rings. The molecule has 1 N–H and O–H groups in total. The van der Waals surface area contributed by atoms with Crippen LogP contribution in [0.25, 0.3) is 5.65 Å². The highest BCUT2D eigenvalue weighted by Gasteiger charge is 2.20. The van der Waals surface area contributed by atoms with Crippen molar-refractivity contribution in [3.05, 3.63) is 65.5 Å². The van der Waals surface area contributed by atoms with Gasteiger partial charge in [-0.3, -0.25) is 9.20 Å². The topological polar surface area (TPSA) is 46.4 Å². The molecule has 1 unspecified atom stereocenters. The number of hydrogen-bond donors (Lipinski definition) is 1. The summed E-state index contributed by atoms with van der Waals surface area (Å²) in [7, 11) is 0. The lowest BCUT2D eigenvalue weighted by atomic mass is 9.98. The highest BCUT2D eigenvalue weighted by molar-refractivity contribution is 5.92. The Bertz CT molecular complexity index is 899. The number of pyridine rings is 1. The maximum atomic E-state index is 12.9. The van der Waals surface area contributed by atoms with E-state index in [2.05, 4.69) is 44.3 Å². The monoisotopic (exact) mass is 363 g/mol. The number of aryl methyl sites for hydroxylation is 1. The van der Waals surface area contributed by atoms with Crippen molar-refractivity contribution >= 4 is 17.4 Å². The molecule has 2 aromatic heterocycles. The van der Waals surface area contributed by atoms with Crippen molar-refractivity contribution in [3.63, 3.8) is 0 Å². The van der Waals surface area contributed by atoms with Gasteiger partial charge in [0.25, 0.3) is 0 Å². The van der Waals surface area contributed by atoms with Crippen LogP contribution in [0, 0.1) is 12.8 Å². The van der Waals surface area contributed by atoms with E-state index in [-0.39, 0.29) is 11.8 Å². The van der Waals surface area contributed by atoms with Crippen molar-refractivity contribution in [1.29, 1.82) is 0 Å². The molecule has 0 spiro atoms. The van der Waals surface area contributed by atoms with Crippen LogP contribution >= 0.6 is 0 Å². The Morgan fingerprint density at radius 3 is 2.63 bits per heavy atom. The second kappa shape index (κ2) is 8.85. The summed E-state index contributed by atoms with van der Waals surface area (Å²) in [4.78, 5) is 17.7. The first kappa shape index (κ1) is 19.2. The summed E-state index contributed by atoms with van der Waals surface area (Å²) in [5, 5.41) is 3.20. The minimum atomic E-state index is 0.0462. The molecule has 1 amide bonds. The van der Waals surface area contributed by atoms with E-state index in [1.165, 1.54) is 5.56 Å². The van der Waals surface area contributed by atoms with E-state index in [0.717, 1.165) is 48.4 Å². The molecule has 4 heteroatoms. The van der Waals surface area contributed by atoms with E-state index in [4.69, 9.17) is 4.98 Å². The van der Waals surface area contributed by atoms with Crippen LogP contribution in [0.4, 0.5) is 5.82 Å². The molecule has 1 atom stereocenters. The average molecular weight is 364 g/mol. The minimum absolute atomic E-state index is 0.0462. The first-order chi connectivity index (χ1) is 13.1. The van der Waals surface area contributed by atoms with Gasteiger partial charge in [0.1, 0.15) is 11.5 Å². The minimum Gasteiger partial charge on any atom is -0.310 e. The Balaban J connectivity index is 1.94. The number of imidazole rings is 1. The van der Waals surface area contributed by atoms with Crippen molar-refractivity contribution in [2.75, 3.05) is 5.32 Å². The third kappa shape index (κ3) is 4.57. The number of nitrogens with zero attached hydrogens (tertiary/aromatic N) is 2. The zero-order valence-corrected chi connectivity index (χ0v) is 16.5. The van der Waals surface area contributed by atoms with Gasteiger partial charge in [0.2, 0.25) is 5.91 Å². The molecule has 3 aromatic rings. The summed E-state index contributed by atoms with van der Waals surface area (Å²) < 4.78 is 2.01. The van der Waals surface area contributed by atoms with E-state index in [1.54, 1.807) is 0 Å². The van der Waals surface area contributed by atoms with Gasteiger partial charge >= 0.3 is 0 Å². The van der Waals surface area contributed by atoms with Gasteiger partial charge in [-0.05, 0) is 37.0 Å². The quantitative estimate of drug-likeness (QED) is 0.583. The van der Waals surface area contributed by atoms with Crippen molar-refractivity contribution in [1.82, 2.24) is 9.38 Å². The number of fused-ring (bicyclic) bond motifs is 1. The number of anilines is 1. The van der Waals surface area contributed by atoms with Gasteiger partial charge in [-0.25, -0.2) is 4.98 Å². The maximum absolute atomic E-state index is 12.9. The number of carbonyl (C=O) groups is 1. The van der Waals surface area contributed by atoms with Crippen LogP contribution in [0.2, 0.25) is 0 Å². The molecular weight excluding hydrogens is 334 g/mol. The standard InChI is InChI=1S/C23H29N3O/c1-4-6-12-19(5-2)23(27)25-22-20(15-18-10-8-7-9-11-18)24-21-14-13-17(3)16-26(21)22/h7-11,13-14,16,19H,4-6,12,15H2,1-3H3,(H,25,27). The van der Waals surface area contributed by atoms with Gasteiger partial charge in [-0.1, -0.05) is 63.1 Å². The number of unbranched alkanes of at least 4 members (excludes halogenated alkanes) is 1. The predicted molar refractivity (Wildman–Crippen MR) is 111 cm³/mol. The molecule has 142 valence electrons. The van der Waals surface area contributed by atoms with Gasteiger partial charge in [0.15, 0.2) is 0 Å². The summed E-state index contributed by atoms with van der Waals surface area (Å²) >= 11 is 0. The molecule has 4 nitrogen and oxygen atoms in total. The van der Waals surface area contributed by atoms with Crippen molar-refractivity contribution in [2.45, 2.75) is 52.9 Å². The lowest BCUT2D eigenvalue weighted by Crippen LogP contribution is -2.23. The second-order valence-electron chi connectivity index (χ2n) is 7.24. The zero-order valence-electron chi connectivity index (χ0n) is 16.5. The zero-order chi connectivity index (χ0) is 19.2. The molecule has 0 aliphatic rings. The van der Waals surface area contributed by atoms with Crippen LogP contribution < -0.4 is 5.32 Å². The summed E-state index contributed by atoms with van der Waals surface area (Å²) in [6, 6.07) is 14.3. The molecule has 0 bridgehead atoms. The van der Waals surface area contributed by atoms with Gasteiger partial charge in [-0.15, -0.1) is 0 Å². The lowest BCUT2D eigenvalue weighted by Gasteiger charge is -2.15. The van der Waals surface area contributed by atoms with Crippen LogP contribution in [0.5, 0.6) is 0 Å². The van der Waals surface area contributed by atoms with Crippen molar-refractivity contribution in [2.24, 2.45) is 5.92 Å². The maximum Gasteiger partial charge on any atom is 0.228 e. The fraction of sp³-hybridized carbons (Fsp3) is 0.391. The van der Waals surface area contributed by atoms with E-state index in [9.17, 15) is 4.79 Å². The number of amides is 1. The molecule has 0 saturated heterocycles. The Hall–Kier alpha value is -2.62. The Morgan fingerprint density at radius 2 is 1.93 bits per heavy atom. The summed E-state index contributed by atoms with van der Waals surface area (Å²) in [6.07, 6.45) is 6.72. The van der Waals surface area contributed by atoms with E-state index >= 15 is 0 Å². The molecule has 1 aromatic carbocycles. The normalized spacial score (nSPS) is 12.3. The van der Waals surface area contributed by atoms with Crippen LogP contribution in [0.3, 0.4) is 0 Å². The summed E-state index contributed by atoms with van der Waals surface area (Å²) in [6.45, 7) is 6.30. The third-order valence-corrected chi connectivity index (χ3v) is 5.06. The highest BCUT2D eigenvalue weighted by Crippen LogP contribution is 2.24. The summed E-state index contributed by atoms with van der Waals surface area (Å²) in [5.74, 6) is 0.950. The largest absolute Gasteiger partial charge is 0.310 e. The molecule has 3 rings (SSSR count). The molecule has 0 radical (unpaired) electrons. The first-order valence-corrected chi connectivity index (χ1v) is 9.94.